The summed E-state index contributed by atoms with van der Waals surface area (Å²) in [7, 11) is 0. The van der Waals surface area contributed by atoms with Crippen molar-refractivity contribution in [2.75, 3.05) is 12.3 Å². The Labute approximate surface area is 101 Å². The van der Waals surface area contributed by atoms with Crippen molar-refractivity contribution in [3.05, 3.63) is 35.6 Å². The van der Waals surface area contributed by atoms with E-state index in [0.29, 0.717) is 11.3 Å². The van der Waals surface area contributed by atoms with Crippen LogP contribution in [-0.4, -0.2) is 17.0 Å². The first-order chi connectivity index (χ1) is 7.70. The second kappa shape index (κ2) is 5.19. The number of benzene rings is 1. The third kappa shape index (κ3) is 2.98. The van der Waals surface area contributed by atoms with Gasteiger partial charge >= 0.3 is 0 Å². The molecule has 0 saturated carbocycles. The summed E-state index contributed by atoms with van der Waals surface area (Å²) in [6.07, 6.45) is 2.57. The largest absolute Gasteiger partial charge is 0.311 e. The molecule has 1 N–H and O–H groups in total. The third-order valence-corrected chi connectivity index (χ3v) is 4.61. The van der Waals surface area contributed by atoms with E-state index in [2.05, 4.69) is 12.2 Å². The topological polar surface area (TPSA) is 12.0 Å². The molecule has 1 atom stereocenters. The van der Waals surface area contributed by atoms with E-state index in [9.17, 15) is 4.39 Å². The van der Waals surface area contributed by atoms with Crippen LogP contribution in [0.4, 0.5) is 4.39 Å². The van der Waals surface area contributed by atoms with Crippen molar-refractivity contribution in [1.29, 1.82) is 0 Å². The monoisotopic (exact) mass is 239 g/mol. The first kappa shape index (κ1) is 11.9. The molecular weight excluding hydrogens is 221 g/mol. The fourth-order valence-electron chi connectivity index (χ4n) is 2.08. The highest BCUT2D eigenvalue weighted by molar-refractivity contribution is 8.00. The normalized spacial score (nSPS) is 24.9. The quantitative estimate of drug-likeness (QED) is 0.866. The van der Waals surface area contributed by atoms with Gasteiger partial charge in [0.1, 0.15) is 5.82 Å². The molecule has 1 aliphatic rings. The summed E-state index contributed by atoms with van der Waals surface area (Å²) >= 11 is 2.03. The van der Waals surface area contributed by atoms with E-state index in [-0.39, 0.29) is 5.82 Å². The van der Waals surface area contributed by atoms with Crippen LogP contribution in [0.3, 0.4) is 0 Å². The molecule has 1 aromatic rings. The Morgan fingerprint density at radius 2 is 2.25 bits per heavy atom. The summed E-state index contributed by atoms with van der Waals surface area (Å²) in [4.78, 5) is 0. The Morgan fingerprint density at radius 3 is 2.94 bits per heavy atom. The van der Waals surface area contributed by atoms with Crippen LogP contribution in [0.2, 0.25) is 0 Å². The van der Waals surface area contributed by atoms with Crippen molar-refractivity contribution in [1.82, 2.24) is 5.32 Å². The van der Waals surface area contributed by atoms with Gasteiger partial charge in [0.05, 0.1) is 0 Å². The minimum atomic E-state index is -0.112. The van der Waals surface area contributed by atoms with E-state index in [1.165, 1.54) is 24.7 Å². The molecule has 0 spiro atoms. The minimum absolute atomic E-state index is 0.112. The van der Waals surface area contributed by atoms with Crippen LogP contribution in [0, 0.1) is 5.82 Å². The van der Waals surface area contributed by atoms with E-state index in [0.717, 1.165) is 12.1 Å². The van der Waals surface area contributed by atoms with Crippen molar-refractivity contribution in [2.24, 2.45) is 0 Å². The van der Waals surface area contributed by atoms with Gasteiger partial charge in [-0.3, -0.25) is 0 Å². The molecular formula is C13H18FNS. The molecule has 0 radical (unpaired) electrons. The van der Waals surface area contributed by atoms with E-state index < -0.39 is 0 Å². The van der Waals surface area contributed by atoms with Gasteiger partial charge in [-0.25, -0.2) is 4.39 Å². The average molecular weight is 239 g/mol. The summed E-state index contributed by atoms with van der Waals surface area (Å²) in [6, 6.07) is 6.97. The molecule has 1 aliphatic heterocycles. The Balaban J connectivity index is 1.82. The molecule has 3 heteroatoms. The lowest BCUT2D eigenvalue weighted by Crippen LogP contribution is -2.32. The maximum atomic E-state index is 13.3. The van der Waals surface area contributed by atoms with E-state index in [1.54, 1.807) is 6.07 Å². The molecule has 0 bridgehead atoms. The molecule has 88 valence electrons. The maximum absolute atomic E-state index is 13.3. The number of rotatable bonds is 4. The Morgan fingerprint density at radius 1 is 1.44 bits per heavy atom. The zero-order chi connectivity index (χ0) is 11.4. The summed E-state index contributed by atoms with van der Waals surface area (Å²) in [5, 5.41) is 3.36. The lowest BCUT2D eigenvalue weighted by molar-refractivity contribution is 0.525. The number of hydrogen-bond acceptors (Lipinski definition) is 2. The molecule has 0 aromatic heterocycles. The van der Waals surface area contributed by atoms with Gasteiger partial charge in [0, 0.05) is 23.4 Å². The van der Waals surface area contributed by atoms with Gasteiger partial charge in [-0.15, -0.1) is 0 Å². The van der Waals surface area contributed by atoms with Gasteiger partial charge in [0.25, 0.3) is 0 Å². The van der Waals surface area contributed by atoms with Crippen LogP contribution in [0.15, 0.2) is 24.3 Å². The Hall–Kier alpha value is -0.540. The van der Waals surface area contributed by atoms with Gasteiger partial charge in [0.2, 0.25) is 0 Å². The summed E-state index contributed by atoms with van der Waals surface area (Å²) < 4.78 is 13.7. The molecule has 2 rings (SSSR count). The lowest BCUT2D eigenvalue weighted by atomic mass is 10.1. The molecule has 0 amide bonds. The number of halogens is 1. The van der Waals surface area contributed by atoms with Gasteiger partial charge in [-0.1, -0.05) is 18.2 Å². The average Bonchev–Trinajstić information content (AvgIpc) is 2.68. The van der Waals surface area contributed by atoms with Gasteiger partial charge in [-0.05, 0) is 31.6 Å². The molecule has 1 fully saturated rings. The molecule has 1 aromatic carbocycles. The fourth-order valence-corrected chi connectivity index (χ4v) is 3.35. The van der Waals surface area contributed by atoms with Crippen LogP contribution in [0.5, 0.6) is 0 Å². The van der Waals surface area contributed by atoms with Crippen LogP contribution in [-0.2, 0) is 6.54 Å². The van der Waals surface area contributed by atoms with E-state index >= 15 is 0 Å². The molecule has 1 saturated heterocycles. The maximum Gasteiger partial charge on any atom is 0.127 e. The smallest absolute Gasteiger partial charge is 0.127 e. The SMILES string of the molecule is CC1(CNCc2ccccc2F)CCCS1. The molecule has 1 nitrogen and oxygen atoms in total. The zero-order valence-corrected chi connectivity index (χ0v) is 10.4. The highest BCUT2D eigenvalue weighted by Gasteiger charge is 2.28. The van der Waals surface area contributed by atoms with Crippen LogP contribution >= 0.6 is 11.8 Å². The minimum Gasteiger partial charge on any atom is -0.311 e. The van der Waals surface area contributed by atoms with Crippen LogP contribution in [0.25, 0.3) is 0 Å². The lowest BCUT2D eigenvalue weighted by Gasteiger charge is -2.23. The second-order valence-electron chi connectivity index (χ2n) is 4.60. The Bertz CT molecular complexity index is 348. The molecule has 1 unspecified atom stereocenters. The van der Waals surface area contributed by atoms with Crippen molar-refractivity contribution < 1.29 is 4.39 Å². The fraction of sp³-hybridized carbons (Fsp3) is 0.538. The molecule has 0 aliphatic carbocycles. The molecule has 1 heterocycles. The van der Waals surface area contributed by atoms with E-state index in [1.807, 2.05) is 23.9 Å². The van der Waals surface area contributed by atoms with E-state index in [4.69, 9.17) is 0 Å². The zero-order valence-electron chi connectivity index (χ0n) is 9.63. The summed E-state index contributed by atoms with van der Waals surface area (Å²) in [5.74, 6) is 1.15. The number of thioether (sulfide) groups is 1. The predicted molar refractivity (Wildman–Crippen MR) is 68.2 cm³/mol. The highest BCUT2D eigenvalue weighted by Crippen LogP contribution is 2.36. The first-order valence-corrected chi connectivity index (χ1v) is 6.76. The first-order valence-electron chi connectivity index (χ1n) is 5.78. The second-order valence-corrected chi connectivity index (χ2v) is 6.28. The van der Waals surface area contributed by atoms with Crippen LogP contribution in [0.1, 0.15) is 25.3 Å². The Kier molecular flexibility index (Phi) is 3.87. The van der Waals surface area contributed by atoms with Crippen molar-refractivity contribution in [2.45, 2.75) is 31.1 Å². The third-order valence-electron chi connectivity index (χ3n) is 3.07. The summed E-state index contributed by atoms with van der Waals surface area (Å²) in [5.41, 5.74) is 0.758. The van der Waals surface area contributed by atoms with Crippen LogP contribution < -0.4 is 5.32 Å². The standard InChI is InChI=1S/C13H18FNS/c1-13(7-4-8-16-13)10-15-9-11-5-2-3-6-12(11)14/h2-3,5-6,15H,4,7-10H2,1H3. The van der Waals surface area contributed by atoms with Crippen molar-refractivity contribution in [3.8, 4) is 0 Å². The summed E-state index contributed by atoms with van der Waals surface area (Å²) in [6.45, 7) is 3.88. The predicted octanol–water partition coefficient (Wildman–Crippen LogP) is 3.20. The van der Waals surface area contributed by atoms with Crippen molar-refractivity contribution >= 4 is 11.8 Å². The van der Waals surface area contributed by atoms with Gasteiger partial charge < -0.3 is 5.32 Å². The molecule has 16 heavy (non-hydrogen) atoms. The highest BCUT2D eigenvalue weighted by atomic mass is 32.2. The van der Waals surface area contributed by atoms with Gasteiger partial charge in [0.15, 0.2) is 0 Å². The van der Waals surface area contributed by atoms with Gasteiger partial charge in [-0.2, -0.15) is 11.8 Å². The number of nitrogens with one attached hydrogen (secondary N) is 1. The van der Waals surface area contributed by atoms with Crippen molar-refractivity contribution in [3.63, 3.8) is 0 Å². The number of hydrogen-bond donors (Lipinski definition) is 1.